The SMILES string of the molecule is C[C@@H]1O[C@@H](OCCOCCNC(=O)CCOCCOCCOCCOCCOCCOCCOCCOCCOCCOCCOCCOCCNC(=O)COc2ccc(-c3cccc(C(=O)NCCNC(=O)CCCC(=O)ON4C(=O)CCC4=O)c3)cc2)[C@H](O)[C@H](O)[C@H]1O. The second-order valence-electron chi connectivity index (χ2n) is 20.9. The first-order valence-electron chi connectivity index (χ1n) is 32.1. The highest BCUT2D eigenvalue weighted by Crippen LogP contribution is 2.24. The van der Waals surface area contributed by atoms with E-state index < -0.39 is 48.5 Å². The molecule has 0 aromatic heterocycles. The fourth-order valence-electron chi connectivity index (χ4n) is 8.33. The largest absolute Gasteiger partial charge is 0.484 e. The van der Waals surface area contributed by atoms with E-state index in [2.05, 4.69) is 21.3 Å². The zero-order chi connectivity index (χ0) is 68.2. The Morgan fingerprint density at radius 1 is 0.453 bits per heavy atom. The van der Waals surface area contributed by atoms with Gasteiger partial charge in [0.1, 0.15) is 24.1 Å². The molecule has 4 rings (SSSR count). The van der Waals surface area contributed by atoms with Gasteiger partial charge in [-0.1, -0.05) is 24.3 Å². The smallest absolute Gasteiger partial charge is 0.333 e. The standard InChI is InChI=1S/C63H99N5O27/c1-48-59(75)60(76)61(77)63(94-48)92-45-44-81-20-17-65-54(70)14-19-79-22-24-82-26-28-84-30-32-86-34-36-88-38-40-90-42-43-91-41-39-89-37-35-87-33-31-85-29-27-83-25-23-80-21-18-66-55(71)47-93-52-10-8-49(9-11-52)50-4-2-5-51(46-50)62(78)67-16-15-64-53(69)6-3-7-58(74)95-68-56(72)12-13-57(68)73/h2,4-5,8-11,46,48,59-61,63,75-77H,3,6-7,12-45,47H2,1H3,(H,64,69)(H,65,70)(H,66,71)(H,67,78)/t48-,59-,60+,61+,63+/m0/s1. The number of carbonyl (C=O) groups excluding carboxylic acids is 7. The summed E-state index contributed by atoms with van der Waals surface area (Å²) in [5.41, 5.74) is 2.03. The van der Waals surface area contributed by atoms with E-state index in [0.29, 0.717) is 181 Å². The number of amides is 6. The maximum Gasteiger partial charge on any atom is 0.333 e. The van der Waals surface area contributed by atoms with Gasteiger partial charge in [0.25, 0.3) is 23.6 Å². The summed E-state index contributed by atoms with van der Waals surface area (Å²) in [6, 6.07) is 14.1. The van der Waals surface area contributed by atoms with E-state index in [1.54, 1.807) is 37.3 Å². The van der Waals surface area contributed by atoms with Gasteiger partial charge in [-0.15, -0.1) is 5.06 Å². The molecule has 538 valence electrons. The highest BCUT2D eigenvalue weighted by molar-refractivity contribution is 6.01. The number of rotatable bonds is 59. The van der Waals surface area contributed by atoms with Crippen molar-refractivity contribution in [2.24, 2.45) is 0 Å². The molecule has 2 aliphatic heterocycles. The van der Waals surface area contributed by atoms with Gasteiger partial charge < -0.3 is 117 Å². The van der Waals surface area contributed by atoms with Gasteiger partial charge in [0.2, 0.25) is 11.8 Å². The Bertz CT molecular complexity index is 2400. The third-order valence-corrected chi connectivity index (χ3v) is 13.4. The molecule has 2 aliphatic rings. The van der Waals surface area contributed by atoms with Crippen LogP contribution in [0, 0.1) is 0 Å². The lowest BCUT2D eigenvalue weighted by Crippen LogP contribution is -2.57. The second-order valence-corrected chi connectivity index (χ2v) is 20.9. The highest BCUT2D eigenvalue weighted by atomic mass is 16.7. The van der Waals surface area contributed by atoms with Crippen molar-refractivity contribution in [3.05, 3.63) is 54.1 Å². The number of hydroxylamine groups is 2. The van der Waals surface area contributed by atoms with Gasteiger partial charge in [-0.25, -0.2) is 4.79 Å². The number of hydrogen-bond donors (Lipinski definition) is 7. The third-order valence-electron chi connectivity index (χ3n) is 13.4. The molecule has 0 unspecified atom stereocenters. The number of ether oxygens (including phenoxy) is 16. The number of carbonyl (C=O) groups is 7. The zero-order valence-electron chi connectivity index (χ0n) is 54.5. The van der Waals surface area contributed by atoms with Gasteiger partial charge in [-0.2, -0.15) is 0 Å². The van der Waals surface area contributed by atoms with Crippen LogP contribution in [0.15, 0.2) is 48.5 Å². The molecule has 2 fully saturated rings. The van der Waals surface area contributed by atoms with Crippen LogP contribution in [-0.2, 0) is 105 Å². The summed E-state index contributed by atoms with van der Waals surface area (Å²) in [6.07, 6.45) is -5.46. The highest BCUT2D eigenvalue weighted by Gasteiger charge is 2.42. The number of benzene rings is 2. The van der Waals surface area contributed by atoms with Gasteiger partial charge in [-0.3, -0.25) is 28.8 Å². The first kappa shape index (κ1) is 81.4. The van der Waals surface area contributed by atoms with E-state index in [9.17, 15) is 48.9 Å². The number of aliphatic hydroxyl groups excluding tert-OH is 3. The average Bonchev–Trinajstić information content (AvgIpc) is 1.64. The van der Waals surface area contributed by atoms with Gasteiger partial charge in [0.05, 0.1) is 184 Å². The lowest BCUT2D eigenvalue weighted by Gasteiger charge is -2.38. The van der Waals surface area contributed by atoms with Crippen LogP contribution >= 0.6 is 0 Å². The van der Waals surface area contributed by atoms with E-state index in [-0.39, 0.29) is 108 Å². The molecule has 0 bridgehead atoms. The Balaban J connectivity index is 0.783. The molecular formula is C63H99N5O27. The quantitative estimate of drug-likeness (QED) is 0.0310. The Morgan fingerprint density at radius 3 is 1.37 bits per heavy atom. The first-order valence-corrected chi connectivity index (χ1v) is 32.1. The predicted octanol–water partition coefficient (Wildman–Crippen LogP) is -0.962. The Hall–Kier alpha value is -5.99. The molecule has 2 saturated heterocycles. The van der Waals surface area contributed by atoms with E-state index in [4.69, 9.17) is 80.6 Å². The minimum Gasteiger partial charge on any atom is -0.484 e. The summed E-state index contributed by atoms with van der Waals surface area (Å²) in [7, 11) is 0. The second kappa shape index (κ2) is 53.1. The maximum absolute atomic E-state index is 12.8. The molecule has 95 heavy (non-hydrogen) atoms. The molecule has 0 saturated carbocycles. The maximum atomic E-state index is 12.8. The minimum atomic E-state index is -1.37. The van der Waals surface area contributed by atoms with E-state index >= 15 is 0 Å². The van der Waals surface area contributed by atoms with Crippen LogP contribution in [-0.4, -0.2) is 304 Å². The molecule has 32 nitrogen and oxygen atoms in total. The van der Waals surface area contributed by atoms with Crippen LogP contribution in [0.5, 0.6) is 5.75 Å². The van der Waals surface area contributed by atoms with E-state index in [1.807, 2.05) is 18.2 Å². The molecule has 0 radical (unpaired) electrons. The van der Waals surface area contributed by atoms with Crippen molar-refractivity contribution in [1.29, 1.82) is 0 Å². The number of hydrogen-bond acceptors (Lipinski definition) is 27. The van der Waals surface area contributed by atoms with Crippen molar-refractivity contribution < 1.29 is 130 Å². The molecule has 2 aromatic rings. The molecule has 6 amide bonds. The third kappa shape index (κ3) is 39.1. The lowest BCUT2D eigenvalue weighted by molar-refractivity contribution is -0.294. The monoisotopic (exact) mass is 1360 g/mol. The van der Waals surface area contributed by atoms with Crippen molar-refractivity contribution >= 4 is 41.4 Å². The summed E-state index contributed by atoms with van der Waals surface area (Å²) >= 11 is 0. The topological polar surface area (TPSA) is 388 Å². The molecule has 7 N–H and O–H groups in total. The lowest BCUT2D eigenvalue weighted by atomic mass is 10.0. The van der Waals surface area contributed by atoms with Gasteiger partial charge in [0.15, 0.2) is 12.9 Å². The van der Waals surface area contributed by atoms with Crippen molar-refractivity contribution in [3.63, 3.8) is 0 Å². The number of imide groups is 1. The molecule has 2 heterocycles. The van der Waals surface area contributed by atoms with Crippen LogP contribution < -0.4 is 26.0 Å². The Kier molecular flexibility index (Phi) is 45.5. The number of nitrogens with one attached hydrogen (secondary N) is 4. The van der Waals surface area contributed by atoms with Gasteiger partial charge in [-0.05, 0) is 48.7 Å². The molecule has 0 spiro atoms. The van der Waals surface area contributed by atoms with Crippen LogP contribution in [0.3, 0.4) is 0 Å². The molecule has 2 aromatic carbocycles. The molecule has 32 heteroatoms. The normalized spacial score (nSPS) is 17.1. The van der Waals surface area contributed by atoms with Crippen LogP contribution in [0.4, 0.5) is 0 Å². The molecule has 5 atom stereocenters. The van der Waals surface area contributed by atoms with Crippen LogP contribution in [0.1, 0.15) is 55.8 Å². The number of nitrogens with zero attached hydrogens (tertiary/aromatic N) is 1. The first-order chi connectivity index (χ1) is 46.3. The van der Waals surface area contributed by atoms with E-state index in [1.165, 1.54) is 0 Å². The van der Waals surface area contributed by atoms with Gasteiger partial charge >= 0.3 is 5.97 Å². The Morgan fingerprint density at radius 2 is 0.874 bits per heavy atom. The summed E-state index contributed by atoms with van der Waals surface area (Å²) in [4.78, 5) is 89.1. The predicted molar refractivity (Wildman–Crippen MR) is 333 cm³/mol. The van der Waals surface area contributed by atoms with Crippen molar-refractivity contribution in [2.45, 2.75) is 76.2 Å². The summed E-state index contributed by atoms with van der Waals surface area (Å²) in [5, 5.41) is 40.9. The summed E-state index contributed by atoms with van der Waals surface area (Å²) in [6.45, 7) is 12.6. The van der Waals surface area contributed by atoms with E-state index in [0.717, 1.165) is 11.1 Å². The molecule has 0 aliphatic carbocycles. The number of aliphatic hydroxyl groups is 3. The van der Waals surface area contributed by atoms with Crippen LogP contribution in [0.2, 0.25) is 0 Å². The van der Waals surface area contributed by atoms with Crippen LogP contribution in [0.25, 0.3) is 11.1 Å². The Labute approximate surface area is 553 Å². The minimum absolute atomic E-state index is 0.00238. The fourth-order valence-corrected chi connectivity index (χ4v) is 8.33. The molecular weight excluding hydrogens is 1260 g/mol. The van der Waals surface area contributed by atoms with Gasteiger partial charge in [0, 0.05) is 63.8 Å². The zero-order valence-corrected chi connectivity index (χ0v) is 54.5. The van der Waals surface area contributed by atoms with Crippen molar-refractivity contribution in [3.8, 4) is 16.9 Å². The van der Waals surface area contributed by atoms with Crippen molar-refractivity contribution in [2.75, 3.05) is 211 Å². The fraction of sp³-hybridized carbons (Fsp3) is 0.698. The van der Waals surface area contributed by atoms with Crippen molar-refractivity contribution in [1.82, 2.24) is 26.3 Å². The summed E-state index contributed by atoms with van der Waals surface area (Å²) in [5.74, 6) is -2.57. The average molecular weight is 1360 g/mol. The summed E-state index contributed by atoms with van der Waals surface area (Å²) < 4.78 is 87.8.